The van der Waals surface area contributed by atoms with E-state index in [1.54, 1.807) is 0 Å². The zero-order valence-corrected chi connectivity index (χ0v) is 14.2. The van der Waals surface area contributed by atoms with E-state index in [0.29, 0.717) is 11.5 Å². The maximum atomic E-state index is 4.40. The van der Waals surface area contributed by atoms with Gasteiger partial charge < -0.3 is 10.2 Å². The van der Waals surface area contributed by atoms with Crippen LogP contribution in [0.5, 0.6) is 0 Å². The summed E-state index contributed by atoms with van der Waals surface area (Å²) in [6.07, 6.45) is 2.50. The van der Waals surface area contributed by atoms with Crippen LogP contribution < -0.4 is 10.2 Å². The summed E-state index contributed by atoms with van der Waals surface area (Å²) in [4.78, 5) is 2.37. The Morgan fingerprint density at radius 3 is 2.33 bits per heavy atom. The van der Waals surface area contributed by atoms with Crippen molar-refractivity contribution in [3.63, 3.8) is 0 Å². The smallest absolute Gasteiger partial charge is 0.151 e. The van der Waals surface area contributed by atoms with Crippen LogP contribution in [0.25, 0.3) is 0 Å². The van der Waals surface area contributed by atoms with E-state index in [9.17, 15) is 0 Å². The Hall–Kier alpha value is -1.16. The van der Waals surface area contributed by atoms with Gasteiger partial charge in [0.2, 0.25) is 0 Å². The van der Waals surface area contributed by atoms with Crippen LogP contribution in [-0.2, 0) is 6.54 Å². The summed E-state index contributed by atoms with van der Waals surface area (Å²) in [7, 11) is 0. The van der Waals surface area contributed by atoms with Crippen LogP contribution in [0.2, 0.25) is 0 Å². The zero-order chi connectivity index (χ0) is 15.5. The molecule has 0 amide bonds. The highest BCUT2D eigenvalue weighted by Crippen LogP contribution is 2.35. The Morgan fingerprint density at radius 1 is 1.19 bits per heavy atom. The first-order chi connectivity index (χ1) is 9.86. The van der Waals surface area contributed by atoms with E-state index in [0.717, 1.165) is 37.1 Å². The molecule has 1 aromatic rings. The summed E-state index contributed by atoms with van der Waals surface area (Å²) in [5.41, 5.74) is 1.43. The molecule has 0 unspecified atom stereocenters. The van der Waals surface area contributed by atoms with Crippen LogP contribution in [0.1, 0.15) is 53.2 Å². The van der Waals surface area contributed by atoms with Gasteiger partial charge in [-0.2, -0.15) is 5.10 Å². The van der Waals surface area contributed by atoms with Crippen molar-refractivity contribution < 1.29 is 0 Å². The Bertz CT molecular complexity index is 425. The van der Waals surface area contributed by atoms with Gasteiger partial charge in [0.1, 0.15) is 0 Å². The first-order valence-electron chi connectivity index (χ1n) is 8.17. The predicted molar refractivity (Wildman–Crippen MR) is 88.4 cm³/mol. The highest BCUT2D eigenvalue weighted by molar-refractivity contribution is 5.37. The minimum Gasteiger partial charge on any atom is -0.355 e. The van der Waals surface area contributed by atoms with Crippen molar-refractivity contribution in [3.05, 3.63) is 17.8 Å². The molecule has 1 aliphatic rings. The summed E-state index contributed by atoms with van der Waals surface area (Å²) in [5.74, 6) is 1.84. The van der Waals surface area contributed by atoms with Gasteiger partial charge in [0.05, 0.1) is 5.69 Å². The van der Waals surface area contributed by atoms with Gasteiger partial charge in [0.25, 0.3) is 0 Å². The molecule has 0 bridgehead atoms. The maximum absolute atomic E-state index is 4.40. The van der Waals surface area contributed by atoms with Crippen LogP contribution in [0.4, 0.5) is 5.82 Å². The van der Waals surface area contributed by atoms with Crippen molar-refractivity contribution in [2.45, 2.75) is 60.0 Å². The van der Waals surface area contributed by atoms with E-state index in [1.807, 2.05) is 0 Å². The number of nitrogens with one attached hydrogen (secondary N) is 1. The highest BCUT2D eigenvalue weighted by atomic mass is 15.3. The van der Waals surface area contributed by atoms with Gasteiger partial charge in [-0.25, -0.2) is 0 Å². The predicted octanol–water partition coefficient (Wildman–Crippen LogP) is 3.24. The van der Waals surface area contributed by atoms with Crippen LogP contribution in [0.15, 0.2) is 12.1 Å². The lowest BCUT2D eigenvalue weighted by molar-refractivity contribution is 0.198. The number of hydrogen-bond donors (Lipinski definition) is 1. The first kappa shape index (κ1) is 16.2. The average molecular weight is 290 g/mol. The van der Waals surface area contributed by atoms with Crippen LogP contribution in [0, 0.1) is 11.3 Å². The molecule has 1 N–H and O–H groups in total. The van der Waals surface area contributed by atoms with E-state index in [1.165, 1.54) is 12.8 Å². The van der Waals surface area contributed by atoms with E-state index in [4.69, 9.17) is 0 Å². The summed E-state index contributed by atoms with van der Waals surface area (Å²) >= 11 is 0. The van der Waals surface area contributed by atoms with Gasteiger partial charge in [-0.3, -0.25) is 0 Å². The minimum atomic E-state index is 0.421. The SMILES string of the molecule is CC(C)NCc1ccc(N2CCC(C(C)(C)C)CC2)nn1. The summed E-state index contributed by atoms with van der Waals surface area (Å²) in [6, 6.07) is 4.68. The topological polar surface area (TPSA) is 41.0 Å². The van der Waals surface area contributed by atoms with E-state index in [-0.39, 0.29) is 0 Å². The Morgan fingerprint density at radius 2 is 1.86 bits per heavy atom. The molecule has 4 heteroatoms. The molecule has 2 rings (SSSR count). The fourth-order valence-electron chi connectivity index (χ4n) is 2.90. The minimum absolute atomic E-state index is 0.421. The van der Waals surface area contributed by atoms with E-state index >= 15 is 0 Å². The molecule has 118 valence electrons. The molecule has 0 saturated carbocycles. The number of nitrogens with zero attached hydrogens (tertiary/aromatic N) is 3. The molecule has 21 heavy (non-hydrogen) atoms. The normalized spacial score (nSPS) is 17.5. The number of hydrogen-bond acceptors (Lipinski definition) is 4. The number of piperidine rings is 1. The second kappa shape index (κ2) is 6.73. The van der Waals surface area contributed by atoms with Crippen molar-refractivity contribution in [1.82, 2.24) is 15.5 Å². The van der Waals surface area contributed by atoms with Gasteiger partial charge in [0, 0.05) is 25.7 Å². The maximum Gasteiger partial charge on any atom is 0.151 e. The van der Waals surface area contributed by atoms with Crippen molar-refractivity contribution >= 4 is 5.82 Å². The molecule has 1 aliphatic heterocycles. The van der Waals surface area contributed by atoms with Gasteiger partial charge in [0.15, 0.2) is 5.82 Å². The summed E-state index contributed by atoms with van der Waals surface area (Å²) in [6.45, 7) is 14.3. The molecule has 0 aliphatic carbocycles. The molecule has 0 radical (unpaired) electrons. The number of anilines is 1. The van der Waals surface area contributed by atoms with Crippen molar-refractivity contribution in [2.24, 2.45) is 11.3 Å². The first-order valence-corrected chi connectivity index (χ1v) is 8.17. The van der Waals surface area contributed by atoms with E-state index < -0.39 is 0 Å². The van der Waals surface area contributed by atoms with Crippen molar-refractivity contribution in [2.75, 3.05) is 18.0 Å². The molecule has 1 aromatic heterocycles. The largest absolute Gasteiger partial charge is 0.355 e. The number of aromatic nitrogens is 2. The van der Waals surface area contributed by atoms with Crippen molar-refractivity contribution in [1.29, 1.82) is 0 Å². The molecule has 1 saturated heterocycles. The lowest BCUT2D eigenvalue weighted by atomic mass is 9.75. The number of rotatable bonds is 4. The van der Waals surface area contributed by atoms with Crippen molar-refractivity contribution in [3.8, 4) is 0 Å². The lowest BCUT2D eigenvalue weighted by Gasteiger charge is -2.39. The Kier molecular flexibility index (Phi) is 5.20. The lowest BCUT2D eigenvalue weighted by Crippen LogP contribution is -2.38. The Labute approximate surface area is 129 Å². The third kappa shape index (κ3) is 4.67. The molecular weight excluding hydrogens is 260 g/mol. The fraction of sp³-hybridized carbons (Fsp3) is 0.765. The van der Waals surface area contributed by atoms with Gasteiger partial charge in [-0.05, 0) is 36.3 Å². The quantitative estimate of drug-likeness (QED) is 0.924. The molecule has 1 fully saturated rings. The van der Waals surface area contributed by atoms with Gasteiger partial charge in [-0.1, -0.05) is 34.6 Å². The van der Waals surface area contributed by atoms with Crippen LogP contribution >= 0.6 is 0 Å². The fourth-order valence-corrected chi connectivity index (χ4v) is 2.90. The summed E-state index contributed by atoms with van der Waals surface area (Å²) < 4.78 is 0. The molecular formula is C17H30N4. The molecule has 0 aromatic carbocycles. The van der Waals surface area contributed by atoms with Crippen LogP contribution in [0.3, 0.4) is 0 Å². The second-order valence-electron chi connectivity index (χ2n) is 7.55. The average Bonchev–Trinajstić information content (AvgIpc) is 2.45. The van der Waals surface area contributed by atoms with Gasteiger partial charge >= 0.3 is 0 Å². The molecule has 0 atom stereocenters. The van der Waals surface area contributed by atoms with Crippen LogP contribution in [-0.4, -0.2) is 29.3 Å². The zero-order valence-electron chi connectivity index (χ0n) is 14.2. The second-order valence-corrected chi connectivity index (χ2v) is 7.55. The van der Waals surface area contributed by atoms with E-state index in [2.05, 4.69) is 67.2 Å². The molecule has 0 spiro atoms. The Balaban J connectivity index is 1.89. The monoisotopic (exact) mass is 290 g/mol. The van der Waals surface area contributed by atoms with Gasteiger partial charge in [-0.15, -0.1) is 5.10 Å². The third-order valence-electron chi connectivity index (χ3n) is 4.44. The third-order valence-corrected chi connectivity index (χ3v) is 4.44. The summed E-state index contributed by atoms with van der Waals surface area (Å²) in [5, 5.41) is 12.1. The molecule has 2 heterocycles. The standard InChI is InChI=1S/C17H30N4/c1-13(2)18-12-15-6-7-16(20-19-15)21-10-8-14(9-11-21)17(3,4)5/h6-7,13-14,18H,8-12H2,1-5H3. The molecule has 4 nitrogen and oxygen atoms in total. The highest BCUT2D eigenvalue weighted by Gasteiger charge is 2.29.